The number of benzene rings is 2. The summed E-state index contributed by atoms with van der Waals surface area (Å²) in [6.45, 7) is 6.49. The highest BCUT2D eigenvalue weighted by Crippen LogP contribution is 2.37. The van der Waals surface area contributed by atoms with Gasteiger partial charge in [-0.25, -0.2) is 0 Å². The molecule has 0 saturated heterocycles. The fraction of sp³-hybridized carbons (Fsp3) is 0.304. The van der Waals surface area contributed by atoms with Crippen molar-refractivity contribution in [2.24, 2.45) is 0 Å². The maximum Gasteiger partial charge on any atom is 0.248 e. The summed E-state index contributed by atoms with van der Waals surface area (Å²) in [6.07, 6.45) is 4.36. The average Bonchev–Trinajstić information content (AvgIpc) is 2.71. The normalized spacial score (nSPS) is 10.6. The monoisotopic (exact) mass is 396 g/mol. The van der Waals surface area contributed by atoms with Gasteiger partial charge < -0.3 is 20.1 Å². The lowest BCUT2D eigenvalue weighted by atomic mass is 10.2. The van der Waals surface area contributed by atoms with E-state index in [0.29, 0.717) is 42.5 Å². The molecule has 2 N–H and O–H groups in total. The smallest absolute Gasteiger partial charge is 0.248 e. The number of amides is 2. The summed E-state index contributed by atoms with van der Waals surface area (Å²) in [5, 5.41) is 5.68. The van der Waals surface area contributed by atoms with Gasteiger partial charge >= 0.3 is 0 Å². The molecule has 6 nitrogen and oxygen atoms in total. The number of anilines is 2. The lowest BCUT2D eigenvalue weighted by molar-refractivity contribution is -0.116. The molecule has 0 fully saturated rings. The van der Waals surface area contributed by atoms with Crippen LogP contribution >= 0.6 is 0 Å². The van der Waals surface area contributed by atoms with E-state index in [1.165, 1.54) is 6.08 Å². The topological polar surface area (TPSA) is 76.7 Å². The maximum atomic E-state index is 12.4. The van der Waals surface area contributed by atoms with Crippen LogP contribution in [0.4, 0.5) is 11.4 Å². The fourth-order valence-electron chi connectivity index (χ4n) is 2.66. The van der Waals surface area contributed by atoms with Crippen molar-refractivity contribution in [3.63, 3.8) is 0 Å². The quantitative estimate of drug-likeness (QED) is 0.562. The molecule has 0 spiro atoms. The number of nitrogens with one attached hydrogen (secondary N) is 2. The molecular formula is C23H28N2O4. The number of carbonyl (C=O) groups is 2. The van der Waals surface area contributed by atoms with Crippen LogP contribution in [0, 0.1) is 0 Å². The molecule has 0 atom stereocenters. The van der Waals surface area contributed by atoms with E-state index in [9.17, 15) is 9.59 Å². The molecular weight excluding hydrogens is 368 g/mol. The van der Waals surface area contributed by atoms with E-state index in [1.54, 1.807) is 18.2 Å². The molecule has 0 aliphatic carbocycles. The molecule has 0 unspecified atom stereocenters. The zero-order valence-electron chi connectivity index (χ0n) is 17.2. The Balaban J connectivity index is 2.26. The lowest BCUT2D eigenvalue weighted by Gasteiger charge is -2.17. The van der Waals surface area contributed by atoms with E-state index in [-0.39, 0.29) is 11.8 Å². The largest absolute Gasteiger partial charge is 0.492 e. The van der Waals surface area contributed by atoms with Gasteiger partial charge in [0.05, 0.1) is 24.6 Å². The molecule has 2 aromatic rings. The molecule has 0 heterocycles. The highest BCUT2D eigenvalue weighted by molar-refractivity contribution is 6.03. The predicted octanol–water partition coefficient (Wildman–Crippen LogP) is 4.87. The van der Waals surface area contributed by atoms with Crippen LogP contribution in [0.2, 0.25) is 0 Å². The number of rotatable bonds is 10. The minimum atomic E-state index is -0.292. The Morgan fingerprint density at radius 2 is 1.48 bits per heavy atom. The van der Waals surface area contributed by atoms with Gasteiger partial charge in [0.15, 0.2) is 0 Å². The predicted molar refractivity (Wildman–Crippen MR) is 116 cm³/mol. The highest BCUT2D eigenvalue weighted by Gasteiger charge is 2.15. The van der Waals surface area contributed by atoms with Crippen LogP contribution in [0.3, 0.4) is 0 Å². The van der Waals surface area contributed by atoms with Gasteiger partial charge in [-0.3, -0.25) is 9.59 Å². The van der Waals surface area contributed by atoms with Gasteiger partial charge in [0.2, 0.25) is 11.8 Å². The van der Waals surface area contributed by atoms with Gasteiger partial charge in [0, 0.05) is 24.6 Å². The Labute approximate surface area is 171 Å². The second-order valence-electron chi connectivity index (χ2n) is 6.24. The minimum Gasteiger partial charge on any atom is -0.492 e. The van der Waals surface area contributed by atoms with E-state index in [0.717, 1.165) is 12.0 Å². The first-order valence-corrected chi connectivity index (χ1v) is 9.84. The Kier molecular flexibility index (Phi) is 8.76. The van der Waals surface area contributed by atoms with Gasteiger partial charge in [0.1, 0.15) is 11.5 Å². The molecule has 2 aromatic carbocycles. The standard InChI is InChI=1S/C23H28N2O4/c1-4-10-22(26)24-18-15-21(29-6-3)19(16-20(18)28-5-2)25-23(27)14-13-17-11-8-7-9-12-17/h7-9,11-16H,4-6,10H2,1-3H3,(H,24,26)(H,25,27)/b14-13+. The number of hydrogen-bond donors (Lipinski definition) is 2. The van der Waals surface area contributed by atoms with Gasteiger partial charge in [-0.05, 0) is 31.9 Å². The first-order valence-electron chi connectivity index (χ1n) is 9.84. The van der Waals surface area contributed by atoms with Crippen LogP contribution in [0.25, 0.3) is 6.08 Å². The van der Waals surface area contributed by atoms with Crippen LogP contribution in [0.1, 0.15) is 39.2 Å². The molecule has 0 aliphatic rings. The Morgan fingerprint density at radius 3 is 2.03 bits per heavy atom. The van der Waals surface area contributed by atoms with Crippen LogP contribution in [0.5, 0.6) is 11.5 Å². The van der Waals surface area contributed by atoms with Crippen LogP contribution in [-0.2, 0) is 9.59 Å². The number of hydrogen-bond acceptors (Lipinski definition) is 4. The molecule has 2 amide bonds. The maximum absolute atomic E-state index is 12.4. The number of ether oxygens (including phenoxy) is 2. The fourth-order valence-corrected chi connectivity index (χ4v) is 2.66. The third-order valence-electron chi connectivity index (χ3n) is 3.92. The van der Waals surface area contributed by atoms with Crippen molar-refractivity contribution in [3.05, 3.63) is 54.1 Å². The van der Waals surface area contributed by atoms with Crippen molar-refractivity contribution in [2.75, 3.05) is 23.8 Å². The van der Waals surface area contributed by atoms with Crippen molar-refractivity contribution in [1.29, 1.82) is 0 Å². The zero-order chi connectivity index (χ0) is 21.1. The Hall–Kier alpha value is -3.28. The second-order valence-corrected chi connectivity index (χ2v) is 6.24. The van der Waals surface area contributed by atoms with Gasteiger partial charge in [-0.15, -0.1) is 0 Å². The summed E-state index contributed by atoms with van der Waals surface area (Å²) in [4.78, 5) is 24.4. The molecule has 6 heteroatoms. The summed E-state index contributed by atoms with van der Waals surface area (Å²) in [5.74, 6) is 0.547. The van der Waals surface area contributed by atoms with Crippen molar-refractivity contribution in [1.82, 2.24) is 0 Å². The van der Waals surface area contributed by atoms with Gasteiger partial charge in [-0.1, -0.05) is 37.3 Å². The van der Waals surface area contributed by atoms with Crippen LogP contribution in [0.15, 0.2) is 48.5 Å². The zero-order valence-corrected chi connectivity index (χ0v) is 17.2. The van der Waals surface area contributed by atoms with E-state index < -0.39 is 0 Å². The van der Waals surface area contributed by atoms with Crippen LogP contribution in [-0.4, -0.2) is 25.0 Å². The third-order valence-corrected chi connectivity index (χ3v) is 3.92. The molecule has 0 radical (unpaired) electrons. The van der Waals surface area contributed by atoms with Crippen LogP contribution < -0.4 is 20.1 Å². The molecule has 0 aromatic heterocycles. The number of carbonyl (C=O) groups excluding carboxylic acids is 2. The second kappa shape index (κ2) is 11.5. The first kappa shape index (κ1) is 22.0. The lowest BCUT2D eigenvalue weighted by Crippen LogP contribution is -2.14. The van der Waals surface area contributed by atoms with E-state index in [4.69, 9.17) is 9.47 Å². The summed E-state index contributed by atoms with van der Waals surface area (Å²) < 4.78 is 11.3. The molecule has 0 aliphatic heterocycles. The van der Waals surface area contributed by atoms with Crippen molar-refractivity contribution in [3.8, 4) is 11.5 Å². The average molecular weight is 396 g/mol. The Morgan fingerprint density at radius 1 is 0.897 bits per heavy atom. The van der Waals surface area contributed by atoms with Crippen molar-refractivity contribution < 1.29 is 19.1 Å². The van der Waals surface area contributed by atoms with Crippen molar-refractivity contribution in [2.45, 2.75) is 33.6 Å². The third kappa shape index (κ3) is 6.99. The van der Waals surface area contributed by atoms with E-state index in [1.807, 2.05) is 51.1 Å². The SMILES string of the molecule is CCCC(=O)Nc1cc(OCC)c(NC(=O)/C=C/c2ccccc2)cc1OCC. The van der Waals surface area contributed by atoms with E-state index >= 15 is 0 Å². The van der Waals surface area contributed by atoms with Gasteiger partial charge in [0.25, 0.3) is 0 Å². The Bertz CT molecular complexity index is 847. The molecule has 2 rings (SSSR count). The van der Waals surface area contributed by atoms with Gasteiger partial charge in [-0.2, -0.15) is 0 Å². The van der Waals surface area contributed by atoms with Crippen molar-refractivity contribution >= 4 is 29.3 Å². The van der Waals surface area contributed by atoms with E-state index in [2.05, 4.69) is 10.6 Å². The minimum absolute atomic E-state index is 0.0986. The summed E-state index contributed by atoms with van der Waals surface area (Å²) in [5.41, 5.74) is 1.93. The summed E-state index contributed by atoms with van der Waals surface area (Å²) in [7, 11) is 0. The summed E-state index contributed by atoms with van der Waals surface area (Å²) >= 11 is 0. The molecule has 0 bridgehead atoms. The highest BCUT2D eigenvalue weighted by atomic mass is 16.5. The first-order chi connectivity index (χ1) is 14.1. The molecule has 0 saturated carbocycles. The molecule has 29 heavy (non-hydrogen) atoms. The summed E-state index contributed by atoms with van der Waals surface area (Å²) in [6, 6.07) is 12.9. The molecule has 154 valence electrons.